The normalized spacial score (nSPS) is 36.2. The Kier molecular flexibility index (Phi) is 3.73. The molecular formula is C13H24N2O2. The van der Waals surface area contributed by atoms with Crippen LogP contribution in [0.15, 0.2) is 0 Å². The van der Waals surface area contributed by atoms with Gasteiger partial charge in [0.05, 0.1) is 13.0 Å². The lowest BCUT2D eigenvalue weighted by Crippen LogP contribution is -2.56. The average molecular weight is 240 g/mol. The Labute approximate surface area is 104 Å². The van der Waals surface area contributed by atoms with Crippen molar-refractivity contribution in [2.24, 2.45) is 5.92 Å². The maximum atomic E-state index is 11.8. The molecule has 3 atom stereocenters. The number of ether oxygens (including phenoxy) is 1. The van der Waals surface area contributed by atoms with Crippen LogP contribution in [0.4, 0.5) is 0 Å². The average Bonchev–Trinajstić information content (AvgIpc) is 2.67. The van der Waals surface area contributed by atoms with Crippen molar-refractivity contribution in [2.45, 2.75) is 31.7 Å². The molecule has 2 rings (SSSR count). The van der Waals surface area contributed by atoms with Gasteiger partial charge in [0, 0.05) is 12.1 Å². The Bertz CT molecular complexity index is 293. The third-order valence-electron chi connectivity index (χ3n) is 4.54. The fourth-order valence-corrected chi connectivity index (χ4v) is 3.47. The number of esters is 1. The third-order valence-corrected chi connectivity index (χ3v) is 4.54. The summed E-state index contributed by atoms with van der Waals surface area (Å²) in [6.45, 7) is 5.83. The monoisotopic (exact) mass is 240 g/mol. The largest absolute Gasteiger partial charge is 0.466 e. The number of carbonyl (C=O) groups excluding carboxylic acids is 1. The Hall–Kier alpha value is -0.610. The van der Waals surface area contributed by atoms with Crippen LogP contribution in [0, 0.1) is 5.92 Å². The van der Waals surface area contributed by atoms with Crippen LogP contribution in [-0.4, -0.2) is 61.6 Å². The van der Waals surface area contributed by atoms with Crippen LogP contribution < -0.4 is 0 Å². The molecule has 98 valence electrons. The summed E-state index contributed by atoms with van der Waals surface area (Å²) in [4.78, 5) is 16.6. The van der Waals surface area contributed by atoms with Crippen LogP contribution in [0.3, 0.4) is 0 Å². The lowest BCUT2D eigenvalue weighted by atomic mass is 9.75. The number of fused-ring (bicyclic) bond motifs is 2. The molecule has 2 fully saturated rings. The Morgan fingerprint density at radius 3 is 2.88 bits per heavy atom. The van der Waals surface area contributed by atoms with Crippen molar-refractivity contribution in [3.05, 3.63) is 0 Å². The van der Waals surface area contributed by atoms with Gasteiger partial charge in [0.2, 0.25) is 0 Å². The minimum absolute atomic E-state index is 0.0270. The van der Waals surface area contributed by atoms with E-state index in [0.29, 0.717) is 18.9 Å². The first-order valence-electron chi connectivity index (χ1n) is 6.64. The van der Waals surface area contributed by atoms with Gasteiger partial charge >= 0.3 is 5.97 Å². The summed E-state index contributed by atoms with van der Waals surface area (Å²) in [7, 11) is 4.21. The highest BCUT2D eigenvalue weighted by Crippen LogP contribution is 2.41. The van der Waals surface area contributed by atoms with E-state index in [1.54, 1.807) is 0 Å². The van der Waals surface area contributed by atoms with Gasteiger partial charge in [-0.3, -0.25) is 4.79 Å². The number of rotatable bonds is 4. The van der Waals surface area contributed by atoms with Crippen molar-refractivity contribution >= 4 is 5.97 Å². The van der Waals surface area contributed by atoms with Crippen LogP contribution in [0.2, 0.25) is 0 Å². The van der Waals surface area contributed by atoms with Crippen molar-refractivity contribution in [2.75, 3.05) is 40.3 Å². The summed E-state index contributed by atoms with van der Waals surface area (Å²) in [6.07, 6.45) is 2.85. The van der Waals surface area contributed by atoms with Crippen molar-refractivity contribution < 1.29 is 9.53 Å². The maximum Gasteiger partial charge on any atom is 0.307 e. The van der Waals surface area contributed by atoms with Gasteiger partial charge < -0.3 is 14.5 Å². The van der Waals surface area contributed by atoms with Crippen molar-refractivity contribution in [1.82, 2.24) is 9.80 Å². The lowest BCUT2D eigenvalue weighted by Gasteiger charge is -2.47. The second-order valence-electron chi connectivity index (χ2n) is 5.52. The highest BCUT2D eigenvalue weighted by Gasteiger charge is 2.48. The highest BCUT2D eigenvalue weighted by molar-refractivity contribution is 5.71. The van der Waals surface area contributed by atoms with E-state index in [9.17, 15) is 4.79 Å². The predicted molar refractivity (Wildman–Crippen MR) is 66.8 cm³/mol. The minimum atomic E-state index is -0.0402. The first kappa shape index (κ1) is 12.8. The van der Waals surface area contributed by atoms with Gasteiger partial charge in [-0.1, -0.05) is 0 Å². The molecule has 2 aliphatic heterocycles. The zero-order valence-electron chi connectivity index (χ0n) is 11.2. The lowest BCUT2D eigenvalue weighted by molar-refractivity contribution is -0.148. The molecule has 0 spiro atoms. The fraction of sp³-hybridized carbons (Fsp3) is 0.923. The molecule has 2 aliphatic rings. The first-order valence-corrected chi connectivity index (χ1v) is 6.64. The molecule has 2 heterocycles. The molecule has 17 heavy (non-hydrogen) atoms. The summed E-state index contributed by atoms with van der Waals surface area (Å²) >= 11 is 0. The molecular weight excluding hydrogens is 216 g/mol. The van der Waals surface area contributed by atoms with Gasteiger partial charge in [0.25, 0.3) is 0 Å². The van der Waals surface area contributed by atoms with E-state index in [1.807, 2.05) is 6.92 Å². The SMILES string of the molecule is CCOC(=O)CC1(N(C)C)CCN2CCC1C2. The van der Waals surface area contributed by atoms with Gasteiger partial charge in [-0.05, 0) is 52.9 Å². The summed E-state index contributed by atoms with van der Waals surface area (Å²) < 4.78 is 5.15. The van der Waals surface area contributed by atoms with E-state index >= 15 is 0 Å². The molecule has 2 saturated heterocycles. The van der Waals surface area contributed by atoms with Gasteiger partial charge in [-0.25, -0.2) is 0 Å². The third kappa shape index (κ3) is 2.33. The maximum absolute atomic E-state index is 11.8. The number of hydrogen-bond acceptors (Lipinski definition) is 4. The summed E-state index contributed by atoms with van der Waals surface area (Å²) in [5, 5.41) is 0. The molecule has 4 heteroatoms. The molecule has 0 N–H and O–H groups in total. The van der Waals surface area contributed by atoms with Crippen molar-refractivity contribution in [3.8, 4) is 0 Å². The van der Waals surface area contributed by atoms with Gasteiger partial charge in [-0.2, -0.15) is 0 Å². The van der Waals surface area contributed by atoms with Gasteiger partial charge in [0.15, 0.2) is 0 Å². The molecule has 0 radical (unpaired) electrons. The molecule has 4 nitrogen and oxygen atoms in total. The Balaban J connectivity index is 2.11. The quantitative estimate of drug-likeness (QED) is 0.685. The Morgan fingerprint density at radius 2 is 2.24 bits per heavy atom. The molecule has 0 aromatic heterocycles. The van der Waals surface area contributed by atoms with Crippen LogP contribution in [-0.2, 0) is 9.53 Å². The van der Waals surface area contributed by atoms with Crippen LogP contribution in [0.1, 0.15) is 26.2 Å². The standard InChI is InChI=1S/C13H24N2O2/c1-4-17-12(16)9-13(14(2)3)6-8-15-7-5-11(13)10-15/h11H,4-10H2,1-3H3. The van der Waals surface area contributed by atoms with E-state index < -0.39 is 0 Å². The topological polar surface area (TPSA) is 32.8 Å². The van der Waals surface area contributed by atoms with E-state index in [0.717, 1.165) is 19.5 Å². The summed E-state index contributed by atoms with van der Waals surface area (Å²) in [5.74, 6) is 0.581. The summed E-state index contributed by atoms with van der Waals surface area (Å²) in [5.41, 5.74) is 0.0270. The molecule has 0 aliphatic carbocycles. The zero-order chi connectivity index (χ0) is 12.5. The zero-order valence-corrected chi connectivity index (χ0v) is 11.2. The number of hydrogen-bond donors (Lipinski definition) is 0. The van der Waals surface area contributed by atoms with Crippen LogP contribution in [0.5, 0.6) is 0 Å². The molecule has 2 bridgehead atoms. The second kappa shape index (κ2) is 4.94. The molecule has 0 saturated carbocycles. The number of carbonyl (C=O) groups is 1. The van der Waals surface area contributed by atoms with Gasteiger partial charge in [0.1, 0.15) is 0 Å². The number of nitrogens with zero attached hydrogens (tertiary/aromatic N) is 2. The first-order chi connectivity index (χ1) is 8.08. The minimum Gasteiger partial charge on any atom is -0.466 e. The van der Waals surface area contributed by atoms with E-state index in [4.69, 9.17) is 4.74 Å². The molecule has 3 unspecified atom stereocenters. The van der Waals surface area contributed by atoms with E-state index in [1.165, 1.54) is 13.0 Å². The van der Waals surface area contributed by atoms with Crippen molar-refractivity contribution in [1.29, 1.82) is 0 Å². The van der Waals surface area contributed by atoms with Gasteiger partial charge in [-0.15, -0.1) is 0 Å². The van der Waals surface area contributed by atoms with Crippen LogP contribution in [0.25, 0.3) is 0 Å². The molecule has 0 aromatic rings. The smallest absolute Gasteiger partial charge is 0.307 e. The van der Waals surface area contributed by atoms with E-state index in [-0.39, 0.29) is 11.5 Å². The predicted octanol–water partition coefficient (Wildman–Crippen LogP) is 0.966. The number of piperidine rings is 1. The van der Waals surface area contributed by atoms with Crippen molar-refractivity contribution in [3.63, 3.8) is 0 Å². The van der Waals surface area contributed by atoms with Crippen LogP contribution >= 0.6 is 0 Å². The Morgan fingerprint density at radius 1 is 1.47 bits per heavy atom. The second-order valence-corrected chi connectivity index (χ2v) is 5.52. The van der Waals surface area contributed by atoms with E-state index in [2.05, 4.69) is 23.9 Å². The molecule has 0 aromatic carbocycles. The highest BCUT2D eigenvalue weighted by atomic mass is 16.5. The summed E-state index contributed by atoms with van der Waals surface area (Å²) in [6, 6.07) is 0. The fourth-order valence-electron chi connectivity index (χ4n) is 3.47. The molecule has 0 amide bonds.